The molecule has 2 fully saturated rings. The van der Waals surface area contributed by atoms with Crippen LogP contribution in [0.15, 0.2) is 18.2 Å². The predicted octanol–water partition coefficient (Wildman–Crippen LogP) is 2.35. The summed E-state index contributed by atoms with van der Waals surface area (Å²) in [5, 5.41) is 11.7. The molecule has 1 aromatic rings. The average molecular weight is 333 g/mol. The van der Waals surface area contributed by atoms with Gasteiger partial charge in [-0.05, 0) is 38.2 Å². The Balaban J connectivity index is 1.66. The molecule has 0 heterocycles. The molecule has 6 nitrogen and oxygen atoms in total. The molecule has 0 saturated heterocycles. The summed E-state index contributed by atoms with van der Waals surface area (Å²) < 4.78 is 11.5. The first-order valence-corrected chi connectivity index (χ1v) is 8.43. The van der Waals surface area contributed by atoms with Gasteiger partial charge in [0.2, 0.25) is 5.91 Å². The van der Waals surface area contributed by atoms with Crippen molar-refractivity contribution >= 4 is 11.9 Å². The molecule has 2 atom stereocenters. The second-order valence-corrected chi connectivity index (χ2v) is 6.48. The lowest BCUT2D eigenvalue weighted by molar-refractivity contribution is -0.140. The molecular weight excluding hydrogens is 310 g/mol. The Morgan fingerprint density at radius 3 is 2.62 bits per heavy atom. The standard InChI is InChI=1S/C18H23NO5/c1-23-15-8-4-5-11(16(15)24-12-6-2-3-7-12)10-19-17(20)13-9-14(13)18(21)22/h4-5,8,12-14H,2-3,6-7,9-10H2,1H3,(H,19,20)(H,21,22)/t13-,14+/m0/s1. The first-order valence-electron chi connectivity index (χ1n) is 8.43. The van der Waals surface area contributed by atoms with E-state index in [1.807, 2.05) is 18.2 Å². The summed E-state index contributed by atoms with van der Waals surface area (Å²) in [6.45, 7) is 0.306. The van der Waals surface area contributed by atoms with E-state index in [0.29, 0.717) is 24.5 Å². The molecule has 0 bridgehead atoms. The van der Waals surface area contributed by atoms with Crippen LogP contribution in [0.25, 0.3) is 0 Å². The first kappa shape index (κ1) is 16.6. The number of benzene rings is 1. The van der Waals surface area contributed by atoms with Gasteiger partial charge < -0.3 is 19.9 Å². The van der Waals surface area contributed by atoms with E-state index in [1.54, 1.807) is 7.11 Å². The van der Waals surface area contributed by atoms with Crippen LogP contribution in [0, 0.1) is 11.8 Å². The highest BCUT2D eigenvalue weighted by molar-refractivity contribution is 5.89. The number of carboxylic acids is 1. The van der Waals surface area contributed by atoms with Crippen LogP contribution >= 0.6 is 0 Å². The van der Waals surface area contributed by atoms with Crippen LogP contribution < -0.4 is 14.8 Å². The van der Waals surface area contributed by atoms with Crippen molar-refractivity contribution < 1.29 is 24.2 Å². The number of aliphatic carboxylic acids is 1. The van der Waals surface area contributed by atoms with Gasteiger partial charge >= 0.3 is 5.97 Å². The number of para-hydroxylation sites is 1. The fraction of sp³-hybridized carbons (Fsp3) is 0.556. The maximum Gasteiger partial charge on any atom is 0.307 e. The second kappa shape index (κ2) is 7.11. The number of methoxy groups -OCH3 is 1. The van der Waals surface area contributed by atoms with Crippen LogP contribution in [-0.4, -0.2) is 30.2 Å². The molecule has 2 aliphatic rings. The zero-order valence-electron chi connectivity index (χ0n) is 13.8. The molecule has 2 aliphatic carbocycles. The van der Waals surface area contributed by atoms with E-state index in [0.717, 1.165) is 18.4 Å². The molecule has 24 heavy (non-hydrogen) atoms. The highest BCUT2D eigenvalue weighted by Gasteiger charge is 2.48. The first-order chi connectivity index (χ1) is 11.6. The zero-order valence-corrected chi connectivity index (χ0v) is 13.8. The van der Waals surface area contributed by atoms with Gasteiger partial charge in [-0.3, -0.25) is 9.59 Å². The number of ether oxygens (including phenoxy) is 2. The lowest BCUT2D eigenvalue weighted by atomic mass is 10.1. The Morgan fingerprint density at radius 1 is 1.25 bits per heavy atom. The Hall–Kier alpha value is -2.24. The molecule has 1 amide bonds. The Kier molecular flexibility index (Phi) is 4.92. The number of rotatable bonds is 7. The van der Waals surface area contributed by atoms with Gasteiger partial charge in [-0.1, -0.05) is 12.1 Å². The maximum absolute atomic E-state index is 12.1. The monoisotopic (exact) mass is 333 g/mol. The van der Waals surface area contributed by atoms with Gasteiger partial charge in [0.05, 0.1) is 25.0 Å². The number of carboxylic acid groups (broad SMARTS) is 1. The minimum Gasteiger partial charge on any atom is -0.493 e. The summed E-state index contributed by atoms with van der Waals surface area (Å²) in [4.78, 5) is 22.9. The lowest BCUT2D eigenvalue weighted by Gasteiger charge is -2.19. The zero-order chi connectivity index (χ0) is 17.1. The average Bonchev–Trinajstić information content (AvgIpc) is 3.24. The van der Waals surface area contributed by atoms with Crippen LogP contribution in [0.2, 0.25) is 0 Å². The molecule has 130 valence electrons. The number of hydrogen-bond acceptors (Lipinski definition) is 4. The third-order valence-electron chi connectivity index (χ3n) is 4.76. The van der Waals surface area contributed by atoms with Gasteiger partial charge in [-0.2, -0.15) is 0 Å². The van der Waals surface area contributed by atoms with Gasteiger partial charge in [0.25, 0.3) is 0 Å². The molecular formula is C18H23NO5. The van der Waals surface area contributed by atoms with Gasteiger partial charge in [0.15, 0.2) is 11.5 Å². The molecule has 0 aromatic heterocycles. The molecule has 1 aromatic carbocycles. The molecule has 0 aliphatic heterocycles. The Morgan fingerprint density at radius 2 is 2.00 bits per heavy atom. The SMILES string of the molecule is COc1cccc(CNC(=O)[C@H]2C[C@H]2C(=O)O)c1OC1CCCC1. The normalized spacial score (nSPS) is 22.9. The summed E-state index contributed by atoms with van der Waals surface area (Å²) in [5.74, 6) is -0.725. The predicted molar refractivity (Wildman–Crippen MR) is 87.0 cm³/mol. The molecule has 3 rings (SSSR count). The van der Waals surface area contributed by atoms with Gasteiger partial charge in [0, 0.05) is 12.1 Å². The fourth-order valence-corrected chi connectivity index (χ4v) is 3.24. The Bertz CT molecular complexity index is 624. The van der Waals surface area contributed by atoms with E-state index in [9.17, 15) is 9.59 Å². The van der Waals surface area contributed by atoms with Gasteiger partial charge in [0.1, 0.15) is 0 Å². The van der Waals surface area contributed by atoms with E-state index < -0.39 is 17.8 Å². The molecule has 0 unspecified atom stereocenters. The van der Waals surface area contributed by atoms with Crippen molar-refractivity contribution in [3.05, 3.63) is 23.8 Å². The van der Waals surface area contributed by atoms with E-state index in [4.69, 9.17) is 14.6 Å². The third-order valence-corrected chi connectivity index (χ3v) is 4.76. The minimum absolute atomic E-state index is 0.190. The molecule has 0 radical (unpaired) electrons. The maximum atomic E-state index is 12.1. The van der Waals surface area contributed by atoms with E-state index in [2.05, 4.69) is 5.32 Å². The van der Waals surface area contributed by atoms with Crippen LogP contribution in [0.5, 0.6) is 11.5 Å². The van der Waals surface area contributed by atoms with Crippen molar-refractivity contribution in [2.75, 3.05) is 7.11 Å². The van der Waals surface area contributed by atoms with E-state index >= 15 is 0 Å². The second-order valence-electron chi connectivity index (χ2n) is 6.48. The smallest absolute Gasteiger partial charge is 0.307 e. The van der Waals surface area contributed by atoms with E-state index in [-0.39, 0.29) is 12.0 Å². The van der Waals surface area contributed by atoms with Gasteiger partial charge in [-0.25, -0.2) is 0 Å². The van der Waals surface area contributed by atoms with Crippen LogP contribution in [0.4, 0.5) is 0 Å². The van der Waals surface area contributed by atoms with Gasteiger partial charge in [-0.15, -0.1) is 0 Å². The molecule has 2 N–H and O–H groups in total. The van der Waals surface area contributed by atoms with Crippen molar-refractivity contribution in [1.82, 2.24) is 5.32 Å². The number of nitrogens with one attached hydrogen (secondary N) is 1. The largest absolute Gasteiger partial charge is 0.493 e. The van der Waals surface area contributed by atoms with Crippen molar-refractivity contribution in [2.45, 2.75) is 44.8 Å². The van der Waals surface area contributed by atoms with Crippen LogP contribution in [0.1, 0.15) is 37.7 Å². The number of carbonyl (C=O) groups excluding carboxylic acids is 1. The molecule has 6 heteroatoms. The van der Waals surface area contributed by atoms with Crippen molar-refractivity contribution in [1.29, 1.82) is 0 Å². The fourth-order valence-electron chi connectivity index (χ4n) is 3.24. The number of amides is 1. The van der Waals surface area contributed by atoms with Crippen molar-refractivity contribution in [3.8, 4) is 11.5 Å². The third kappa shape index (κ3) is 3.63. The Labute approximate surface area is 141 Å². The summed E-state index contributed by atoms with van der Waals surface area (Å²) in [5.41, 5.74) is 0.849. The summed E-state index contributed by atoms with van der Waals surface area (Å²) in [6, 6.07) is 5.60. The summed E-state index contributed by atoms with van der Waals surface area (Å²) in [6.07, 6.45) is 5.02. The topological polar surface area (TPSA) is 84.9 Å². The highest BCUT2D eigenvalue weighted by atomic mass is 16.5. The van der Waals surface area contributed by atoms with Crippen molar-refractivity contribution in [2.24, 2.45) is 11.8 Å². The minimum atomic E-state index is -0.901. The van der Waals surface area contributed by atoms with E-state index in [1.165, 1.54) is 12.8 Å². The summed E-state index contributed by atoms with van der Waals surface area (Å²) in [7, 11) is 1.60. The number of hydrogen-bond donors (Lipinski definition) is 2. The summed E-state index contributed by atoms with van der Waals surface area (Å²) >= 11 is 0. The quantitative estimate of drug-likeness (QED) is 0.800. The van der Waals surface area contributed by atoms with Crippen LogP contribution in [-0.2, 0) is 16.1 Å². The van der Waals surface area contributed by atoms with Crippen LogP contribution in [0.3, 0.4) is 0 Å². The van der Waals surface area contributed by atoms with Crippen molar-refractivity contribution in [3.63, 3.8) is 0 Å². The molecule has 2 saturated carbocycles. The molecule has 0 spiro atoms. The number of carbonyl (C=O) groups is 2. The highest BCUT2D eigenvalue weighted by Crippen LogP contribution is 2.39. The lowest BCUT2D eigenvalue weighted by Crippen LogP contribution is -2.26.